The van der Waals surface area contributed by atoms with Gasteiger partial charge in [-0.05, 0) is 42.0 Å². The van der Waals surface area contributed by atoms with E-state index in [2.05, 4.69) is 0 Å². The zero-order valence-corrected chi connectivity index (χ0v) is 17.2. The Kier molecular flexibility index (Phi) is 5.82. The summed E-state index contributed by atoms with van der Waals surface area (Å²) < 4.78 is 65.2. The highest BCUT2D eigenvalue weighted by Gasteiger charge is 2.63. The molecule has 0 aliphatic heterocycles. The largest absolute Gasteiger partial charge is 0.383 e. The van der Waals surface area contributed by atoms with Crippen LogP contribution >= 0.6 is 11.6 Å². The van der Waals surface area contributed by atoms with Crippen molar-refractivity contribution in [3.8, 4) is 0 Å². The summed E-state index contributed by atoms with van der Waals surface area (Å²) in [5.41, 5.74) is -0.254. The second kappa shape index (κ2) is 7.87. The zero-order valence-electron chi connectivity index (χ0n) is 14.8. The summed E-state index contributed by atoms with van der Waals surface area (Å²) in [5, 5.41) is 11.0. The molecule has 3 aromatic rings. The van der Waals surface area contributed by atoms with Gasteiger partial charge in [0.05, 0.1) is 9.79 Å². The van der Waals surface area contributed by atoms with Gasteiger partial charge in [0.15, 0.2) is 0 Å². The summed E-state index contributed by atoms with van der Waals surface area (Å²) in [6.07, 6.45) is -2.53. The van der Waals surface area contributed by atoms with Crippen LogP contribution in [-0.4, -0.2) is 26.3 Å². The monoisotopic (exact) mass is 454 g/mol. The van der Waals surface area contributed by atoms with Crippen molar-refractivity contribution >= 4 is 31.3 Å². The molecular formula is C20H16ClFO5S2. The maximum atomic E-state index is 16.4. The van der Waals surface area contributed by atoms with E-state index >= 15 is 4.39 Å². The molecule has 0 fully saturated rings. The zero-order chi connectivity index (χ0) is 21.3. The number of aliphatic hydroxyl groups excluding tert-OH is 1. The lowest BCUT2D eigenvalue weighted by Gasteiger charge is -2.30. The predicted molar refractivity (Wildman–Crippen MR) is 108 cm³/mol. The van der Waals surface area contributed by atoms with Gasteiger partial charge in [0, 0.05) is 5.02 Å². The van der Waals surface area contributed by atoms with Gasteiger partial charge in [-0.25, -0.2) is 21.2 Å². The van der Waals surface area contributed by atoms with Gasteiger partial charge < -0.3 is 5.11 Å². The van der Waals surface area contributed by atoms with Gasteiger partial charge in [-0.15, -0.1) is 0 Å². The van der Waals surface area contributed by atoms with Crippen LogP contribution in [0.25, 0.3) is 0 Å². The van der Waals surface area contributed by atoms with E-state index in [1.54, 1.807) is 0 Å². The molecule has 1 N–H and O–H groups in total. The lowest BCUT2D eigenvalue weighted by molar-refractivity contribution is 0.0944. The van der Waals surface area contributed by atoms with Gasteiger partial charge in [-0.3, -0.25) is 0 Å². The molecule has 0 saturated heterocycles. The summed E-state index contributed by atoms with van der Waals surface area (Å²) in [6, 6.07) is 17.5. The van der Waals surface area contributed by atoms with Crippen molar-refractivity contribution < 1.29 is 26.3 Å². The SMILES string of the molecule is O=S(=O)(c1ccccc1)C(F)(C(O)c1ccc(Cl)cc1)S(=O)(=O)c1ccccc1. The molecule has 1 atom stereocenters. The van der Waals surface area contributed by atoms with Crippen LogP contribution in [0, 0.1) is 0 Å². The fourth-order valence-corrected chi connectivity index (χ4v) is 7.20. The Labute approximate surface area is 173 Å². The van der Waals surface area contributed by atoms with E-state index in [4.69, 9.17) is 11.6 Å². The molecule has 0 amide bonds. The normalized spacial score (nSPS) is 13.8. The van der Waals surface area contributed by atoms with Crippen LogP contribution in [0.2, 0.25) is 5.02 Å². The van der Waals surface area contributed by atoms with Crippen molar-refractivity contribution in [2.45, 2.75) is 20.2 Å². The predicted octanol–water partition coefficient (Wildman–Crippen LogP) is 3.94. The summed E-state index contributed by atoms with van der Waals surface area (Å²) in [5.74, 6) is 0. The first-order valence-electron chi connectivity index (χ1n) is 8.34. The van der Waals surface area contributed by atoms with E-state index in [1.165, 1.54) is 60.7 Å². The Bertz CT molecular complexity index is 1130. The fraction of sp³-hybridized carbons (Fsp3) is 0.100. The summed E-state index contributed by atoms with van der Waals surface area (Å²) in [4.78, 5) is -1.15. The van der Waals surface area contributed by atoms with Crippen LogP contribution in [0.3, 0.4) is 0 Å². The van der Waals surface area contributed by atoms with Crippen LogP contribution in [0.15, 0.2) is 94.7 Å². The molecule has 0 aromatic heterocycles. The molecule has 1 unspecified atom stereocenters. The first kappa shape index (κ1) is 21.4. The van der Waals surface area contributed by atoms with E-state index in [9.17, 15) is 21.9 Å². The Morgan fingerprint density at radius 1 is 0.724 bits per heavy atom. The third-order valence-corrected chi connectivity index (χ3v) is 9.62. The fourth-order valence-electron chi connectivity index (χ4n) is 2.80. The molecule has 0 aliphatic rings. The molecule has 152 valence electrons. The first-order valence-corrected chi connectivity index (χ1v) is 11.7. The lowest BCUT2D eigenvalue weighted by atomic mass is 10.1. The third-order valence-electron chi connectivity index (χ3n) is 4.35. The van der Waals surface area contributed by atoms with Gasteiger partial charge in [-0.2, -0.15) is 0 Å². The van der Waals surface area contributed by atoms with E-state index in [0.717, 1.165) is 24.3 Å². The second-order valence-electron chi connectivity index (χ2n) is 6.17. The number of hydrogen-bond acceptors (Lipinski definition) is 5. The number of halogens is 2. The maximum absolute atomic E-state index is 16.4. The van der Waals surface area contributed by atoms with Crippen molar-refractivity contribution in [1.29, 1.82) is 0 Å². The van der Waals surface area contributed by atoms with Crippen molar-refractivity contribution in [3.63, 3.8) is 0 Å². The Morgan fingerprint density at radius 3 is 1.48 bits per heavy atom. The average Bonchev–Trinajstić information content (AvgIpc) is 2.74. The van der Waals surface area contributed by atoms with Crippen LogP contribution in [-0.2, 0) is 19.7 Å². The van der Waals surface area contributed by atoms with Crippen LogP contribution < -0.4 is 0 Å². The van der Waals surface area contributed by atoms with Gasteiger partial charge in [-0.1, -0.05) is 60.1 Å². The summed E-state index contributed by atoms with van der Waals surface area (Å²) in [6.45, 7) is 0. The number of aliphatic hydroxyl groups is 1. The average molecular weight is 455 g/mol. The quantitative estimate of drug-likeness (QED) is 0.609. The molecule has 3 rings (SSSR count). The molecule has 0 aliphatic carbocycles. The van der Waals surface area contributed by atoms with Crippen LogP contribution in [0.5, 0.6) is 0 Å². The molecule has 3 aromatic carbocycles. The first-order chi connectivity index (χ1) is 13.6. The standard InChI is InChI=1S/C20H16ClFO5S2/c21-16-13-11-15(12-14-16)19(23)20(22,28(24,25)17-7-3-1-4-8-17)29(26,27)18-9-5-2-6-10-18/h1-14,19,23H. The van der Waals surface area contributed by atoms with E-state index in [1.807, 2.05) is 0 Å². The molecule has 0 heterocycles. The Balaban J connectivity index is 2.31. The molecule has 5 nitrogen and oxygen atoms in total. The number of rotatable bonds is 6. The molecular weight excluding hydrogens is 439 g/mol. The van der Waals surface area contributed by atoms with Crippen molar-refractivity contribution in [2.24, 2.45) is 0 Å². The van der Waals surface area contributed by atoms with Gasteiger partial charge in [0.1, 0.15) is 6.10 Å². The highest BCUT2D eigenvalue weighted by molar-refractivity contribution is 8.10. The minimum atomic E-state index is -5.20. The van der Waals surface area contributed by atoms with Crippen molar-refractivity contribution in [3.05, 3.63) is 95.5 Å². The third kappa shape index (κ3) is 3.57. The number of benzene rings is 3. The molecule has 29 heavy (non-hydrogen) atoms. The Morgan fingerprint density at radius 2 is 1.10 bits per heavy atom. The number of hydrogen-bond donors (Lipinski definition) is 1. The van der Waals surface area contributed by atoms with Gasteiger partial charge >= 0.3 is 4.33 Å². The molecule has 9 heteroatoms. The van der Waals surface area contributed by atoms with Crippen molar-refractivity contribution in [1.82, 2.24) is 0 Å². The second-order valence-corrected chi connectivity index (χ2v) is 11.0. The number of alkyl halides is 1. The van der Waals surface area contributed by atoms with E-state index < -0.39 is 39.9 Å². The molecule has 0 saturated carbocycles. The molecule has 0 bridgehead atoms. The Hall–Kier alpha value is -2.26. The van der Waals surface area contributed by atoms with Crippen LogP contribution in [0.4, 0.5) is 4.39 Å². The lowest BCUT2D eigenvalue weighted by Crippen LogP contribution is -2.47. The van der Waals surface area contributed by atoms with Gasteiger partial charge in [0.25, 0.3) is 0 Å². The van der Waals surface area contributed by atoms with Gasteiger partial charge in [0.2, 0.25) is 19.7 Å². The maximum Gasteiger partial charge on any atom is 0.346 e. The summed E-state index contributed by atoms with van der Waals surface area (Å²) in [7, 11) is -10.4. The van der Waals surface area contributed by atoms with Crippen molar-refractivity contribution in [2.75, 3.05) is 0 Å². The summed E-state index contributed by atoms with van der Waals surface area (Å²) >= 11 is 5.79. The topological polar surface area (TPSA) is 88.5 Å². The van der Waals surface area contributed by atoms with E-state index in [0.29, 0.717) is 0 Å². The molecule has 0 radical (unpaired) electrons. The number of sulfone groups is 2. The van der Waals surface area contributed by atoms with E-state index in [-0.39, 0.29) is 10.6 Å². The minimum Gasteiger partial charge on any atom is -0.383 e. The molecule has 0 spiro atoms. The highest BCUT2D eigenvalue weighted by atomic mass is 35.5. The smallest absolute Gasteiger partial charge is 0.346 e. The minimum absolute atomic E-state index is 0.252. The van der Waals surface area contributed by atoms with Crippen LogP contribution in [0.1, 0.15) is 11.7 Å². The highest BCUT2D eigenvalue weighted by Crippen LogP contribution is 2.45.